The summed E-state index contributed by atoms with van der Waals surface area (Å²) in [4.78, 5) is 37.6. The Hall–Kier alpha value is -1.53. The van der Waals surface area contributed by atoms with Crippen molar-refractivity contribution in [3.8, 4) is 0 Å². The minimum absolute atomic E-state index is 0.0122. The maximum Gasteiger partial charge on any atom is 0.311 e. The summed E-state index contributed by atoms with van der Waals surface area (Å²) in [5, 5.41) is 9.65. The van der Waals surface area contributed by atoms with Gasteiger partial charge in [0.2, 0.25) is 0 Å². The number of allylic oxidation sites excluding steroid dienone is 4. The first-order valence-corrected chi connectivity index (χ1v) is 13.5. The zero-order valence-corrected chi connectivity index (χ0v) is 21.9. The fourth-order valence-electron chi connectivity index (χ4n) is 7.68. The van der Waals surface area contributed by atoms with Crippen LogP contribution in [0.2, 0.25) is 0 Å². The summed E-state index contributed by atoms with van der Waals surface area (Å²) in [6, 6.07) is 0. The van der Waals surface area contributed by atoms with Gasteiger partial charge in [0.25, 0.3) is 0 Å². The first kappa shape index (κ1) is 26.5. The molecule has 0 aromatic heterocycles. The number of halogens is 2. The SMILES string of the molecule is CCCC(O)C(C)C(=O)OCC(=O)[C@H]1CC[C@H]2[C@@H]3C[C@H](Cl)C4=CC(=O)C=C[C@]4(C)C3(F)CC[C@]12C. The van der Waals surface area contributed by atoms with Gasteiger partial charge in [-0.15, -0.1) is 11.6 Å². The Bertz CT molecular complexity index is 961. The molecule has 35 heavy (non-hydrogen) atoms. The van der Waals surface area contributed by atoms with E-state index in [0.29, 0.717) is 37.7 Å². The molecule has 0 heterocycles. The third-order valence-corrected chi connectivity index (χ3v) is 10.3. The molecule has 4 rings (SSSR count). The van der Waals surface area contributed by atoms with Gasteiger partial charge >= 0.3 is 5.97 Å². The fraction of sp³-hybridized carbons (Fsp3) is 0.750. The monoisotopic (exact) mass is 508 g/mol. The lowest BCUT2D eigenvalue weighted by molar-refractivity contribution is -0.159. The molecule has 0 amide bonds. The molecule has 1 N–H and O–H groups in total. The molecule has 0 aromatic carbocycles. The van der Waals surface area contributed by atoms with E-state index in [1.54, 1.807) is 13.0 Å². The lowest BCUT2D eigenvalue weighted by Crippen LogP contribution is -2.62. The minimum atomic E-state index is -1.53. The Kier molecular flexibility index (Phi) is 7.13. The van der Waals surface area contributed by atoms with Crippen LogP contribution in [-0.2, 0) is 19.1 Å². The molecule has 5 nitrogen and oxygen atoms in total. The van der Waals surface area contributed by atoms with Crippen LogP contribution >= 0.6 is 11.6 Å². The molecule has 0 radical (unpaired) electrons. The molecule has 3 unspecified atom stereocenters. The predicted molar refractivity (Wildman–Crippen MR) is 132 cm³/mol. The number of aliphatic hydroxyl groups is 1. The van der Waals surface area contributed by atoms with E-state index >= 15 is 4.39 Å². The minimum Gasteiger partial charge on any atom is -0.457 e. The molecular weight excluding hydrogens is 471 g/mol. The van der Waals surface area contributed by atoms with Gasteiger partial charge in [0.05, 0.1) is 17.4 Å². The highest BCUT2D eigenvalue weighted by Gasteiger charge is 2.68. The van der Waals surface area contributed by atoms with Crippen molar-refractivity contribution in [3.63, 3.8) is 0 Å². The smallest absolute Gasteiger partial charge is 0.311 e. The molecule has 9 atom stereocenters. The third kappa shape index (κ3) is 4.13. The van der Waals surface area contributed by atoms with Crippen LogP contribution in [0, 0.1) is 34.5 Å². The van der Waals surface area contributed by atoms with E-state index in [2.05, 4.69) is 6.92 Å². The number of rotatable bonds is 7. The molecule has 3 fully saturated rings. The number of ketones is 2. The van der Waals surface area contributed by atoms with Crippen molar-refractivity contribution < 1.29 is 28.6 Å². The molecule has 0 aliphatic heterocycles. The van der Waals surface area contributed by atoms with Gasteiger partial charge in [0.15, 0.2) is 11.6 Å². The second kappa shape index (κ2) is 9.41. The number of carbonyl (C=O) groups is 3. The van der Waals surface area contributed by atoms with Gasteiger partial charge in [-0.1, -0.05) is 26.3 Å². The van der Waals surface area contributed by atoms with E-state index in [0.717, 1.165) is 12.8 Å². The Labute approximate surface area is 212 Å². The molecule has 0 aromatic rings. The average Bonchev–Trinajstić information content (AvgIpc) is 3.17. The second-order valence-corrected chi connectivity index (χ2v) is 12.2. The molecular formula is C28H38ClFO5. The van der Waals surface area contributed by atoms with Gasteiger partial charge in [0, 0.05) is 11.3 Å². The molecule has 4 aliphatic carbocycles. The Balaban J connectivity index is 1.49. The Morgan fingerprint density at radius 2 is 1.97 bits per heavy atom. The first-order chi connectivity index (χ1) is 16.4. The van der Waals surface area contributed by atoms with Crippen LogP contribution in [0.4, 0.5) is 4.39 Å². The summed E-state index contributed by atoms with van der Waals surface area (Å²) in [5.74, 6) is -2.15. The lowest BCUT2D eigenvalue weighted by Gasteiger charge is -2.61. The van der Waals surface area contributed by atoms with Crippen LogP contribution < -0.4 is 0 Å². The number of fused-ring (bicyclic) bond motifs is 5. The van der Waals surface area contributed by atoms with Crippen molar-refractivity contribution in [2.45, 2.75) is 89.8 Å². The molecule has 4 aliphatic rings. The van der Waals surface area contributed by atoms with Crippen molar-refractivity contribution in [1.82, 2.24) is 0 Å². The van der Waals surface area contributed by atoms with E-state index in [1.165, 1.54) is 12.2 Å². The number of ether oxygens (including phenoxy) is 1. The van der Waals surface area contributed by atoms with Crippen LogP contribution in [0.1, 0.15) is 72.6 Å². The maximum absolute atomic E-state index is 17.0. The molecule has 3 saturated carbocycles. The summed E-state index contributed by atoms with van der Waals surface area (Å²) in [7, 11) is 0. The molecule has 0 saturated heterocycles. The van der Waals surface area contributed by atoms with Gasteiger partial charge in [-0.3, -0.25) is 14.4 Å². The number of hydrogen-bond acceptors (Lipinski definition) is 5. The highest BCUT2D eigenvalue weighted by molar-refractivity contribution is 6.23. The van der Waals surface area contributed by atoms with Crippen LogP contribution in [0.25, 0.3) is 0 Å². The zero-order chi connectivity index (χ0) is 25.8. The van der Waals surface area contributed by atoms with Crippen molar-refractivity contribution in [3.05, 3.63) is 23.8 Å². The summed E-state index contributed by atoms with van der Waals surface area (Å²) in [5.41, 5.74) is -2.17. The third-order valence-electron chi connectivity index (χ3n) is 9.93. The highest BCUT2D eigenvalue weighted by Crippen LogP contribution is 2.69. The summed E-state index contributed by atoms with van der Waals surface area (Å²) < 4.78 is 22.3. The molecule has 0 bridgehead atoms. The summed E-state index contributed by atoms with van der Waals surface area (Å²) >= 11 is 6.76. The zero-order valence-electron chi connectivity index (χ0n) is 21.2. The summed E-state index contributed by atoms with van der Waals surface area (Å²) in [6.45, 7) is 7.17. The van der Waals surface area contributed by atoms with Crippen molar-refractivity contribution in [2.75, 3.05) is 6.61 Å². The standard InChI is InChI=1S/C28H38ClFO5/c1-5-6-23(32)16(2)25(34)35-15-24(33)19-8-7-18-20-14-22(29)21-13-17(31)9-10-27(21,4)28(20,30)12-11-26(18,19)3/h9-10,13,16,18-20,22-23,32H,5-8,11-12,14-15H2,1-4H3/t16?,18-,19+,20-,22-,23?,26-,27-,28?/m0/s1. The largest absolute Gasteiger partial charge is 0.457 e. The van der Waals surface area contributed by atoms with E-state index in [-0.39, 0.29) is 41.3 Å². The number of Topliss-reactive ketones (excluding diaryl/α,β-unsaturated/α-hetero) is 1. The van der Waals surface area contributed by atoms with Gasteiger partial charge in [-0.2, -0.15) is 0 Å². The quantitative estimate of drug-likeness (QED) is 0.381. The Morgan fingerprint density at radius 3 is 2.66 bits per heavy atom. The number of esters is 1. The number of carbonyl (C=O) groups excluding carboxylic acids is 3. The topological polar surface area (TPSA) is 80.7 Å². The molecule has 7 heteroatoms. The second-order valence-electron chi connectivity index (χ2n) is 11.7. The van der Waals surface area contributed by atoms with Crippen molar-refractivity contribution in [1.29, 1.82) is 0 Å². The van der Waals surface area contributed by atoms with Crippen LogP contribution in [0.15, 0.2) is 23.8 Å². The normalized spacial score (nSPS) is 41.8. The lowest BCUT2D eigenvalue weighted by atomic mass is 9.46. The maximum atomic E-state index is 17.0. The van der Waals surface area contributed by atoms with Crippen molar-refractivity contribution >= 4 is 29.1 Å². The van der Waals surface area contributed by atoms with Gasteiger partial charge in [0.1, 0.15) is 12.3 Å². The van der Waals surface area contributed by atoms with E-state index in [4.69, 9.17) is 16.3 Å². The van der Waals surface area contributed by atoms with Crippen LogP contribution in [-0.4, -0.2) is 46.4 Å². The molecule has 0 spiro atoms. The molecule has 194 valence electrons. The van der Waals surface area contributed by atoms with Gasteiger partial charge < -0.3 is 9.84 Å². The highest BCUT2D eigenvalue weighted by atomic mass is 35.5. The number of aliphatic hydroxyl groups excluding tert-OH is 1. The van der Waals surface area contributed by atoms with E-state index in [1.807, 2.05) is 13.8 Å². The van der Waals surface area contributed by atoms with Crippen LogP contribution in [0.3, 0.4) is 0 Å². The first-order valence-electron chi connectivity index (χ1n) is 13.0. The number of hydrogen-bond donors (Lipinski definition) is 1. The average molecular weight is 509 g/mol. The summed E-state index contributed by atoms with van der Waals surface area (Å²) in [6.07, 6.45) is 7.80. The van der Waals surface area contributed by atoms with E-state index < -0.39 is 34.5 Å². The van der Waals surface area contributed by atoms with Crippen molar-refractivity contribution in [2.24, 2.45) is 34.5 Å². The number of alkyl halides is 2. The van der Waals surface area contributed by atoms with Crippen LogP contribution in [0.5, 0.6) is 0 Å². The van der Waals surface area contributed by atoms with Gasteiger partial charge in [-0.25, -0.2) is 4.39 Å². The predicted octanol–water partition coefficient (Wildman–Crippen LogP) is 5.13. The van der Waals surface area contributed by atoms with Gasteiger partial charge in [-0.05, 0) is 87.3 Å². The fourth-order valence-corrected chi connectivity index (χ4v) is 8.16. The Morgan fingerprint density at radius 1 is 1.26 bits per heavy atom. The van der Waals surface area contributed by atoms with E-state index in [9.17, 15) is 19.5 Å².